The summed E-state index contributed by atoms with van der Waals surface area (Å²) in [6.45, 7) is 1.38. The fraction of sp³-hybridized carbons (Fsp3) is 0.250. The van der Waals surface area contributed by atoms with Crippen LogP contribution in [0.5, 0.6) is 0 Å². The van der Waals surface area contributed by atoms with E-state index in [1.165, 1.54) is 27.5 Å². The number of amides is 2. The van der Waals surface area contributed by atoms with Crippen LogP contribution in [0.2, 0.25) is 0 Å². The van der Waals surface area contributed by atoms with Gasteiger partial charge in [-0.25, -0.2) is 4.39 Å². The minimum absolute atomic E-state index is 0.0311. The molecule has 3 heterocycles. The van der Waals surface area contributed by atoms with E-state index in [0.717, 1.165) is 11.9 Å². The van der Waals surface area contributed by atoms with Gasteiger partial charge in [0.15, 0.2) is 0 Å². The number of hydrogen-bond donors (Lipinski definition) is 1. The average Bonchev–Trinajstić information content (AvgIpc) is 3.37. The zero-order valence-corrected chi connectivity index (χ0v) is 16.5. The molecule has 2 aromatic carbocycles. The predicted molar refractivity (Wildman–Crippen MR) is 114 cm³/mol. The number of fused-ring (bicyclic) bond motifs is 1. The number of carbonyl (C=O) groups is 2. The van der Waals surface area contributed by atoms with Gasteiger partial charge >= 0.3 is 0 Å². The quantitative estimate of drug-likeness (QED) is 0.719. The molecule has 0 aliphatic carbocycles. The number of hydrogen-bond acceptors (Lipinski definition) is 2. The Bertz CT molecular complexity index is 1170. The molecular weight excluding hydrogens is 381 g/mol. The van der Waals surface area contributed by atoms with E-state index < -0.39 is 11.7 Å². The second-order valence-corrected chi connectivity index (χ2v) is 7.87. The Hall–Kier alpha value is -3.41. The van der Waals surface area contributed by atoms with Crippen molar-refractivity contribution in [2.75, 3.05) is 24.5 Å². The number of aromatic amines is 1. The highest BCUT2D eigenvalue weighted by atomic mass is 19.1. The molecule has 2 amide bonds. The van der Waals surface area contributed by atoms with E-state index in [9.17, 15) is 14.0 Å². The Labute approximate surface area is 173 Å². The van der Waals surface area contributed by atoms with Crippen molar-refractivity contribution in [3.8, 4) is 0 Å². The molecule has 1 saturated heterocycles. The number of carbonyl (C=O) groups excluding carboxylic acids is 2. The molecule has 2 aliphatic heterocycles. The van der Waals surface area contributed by atoms with Crippen molar-refractivity contribution in [1.82, 2.24) is 9.88 Å². The van der Waals surface area contributed by atoms with Gasteiger partial charge in [-0.1, -0.05) is 36.4 Å². The van der Waals surface area contributed by atoms with Crippen molar-refractivity contribution in [1.29, 1.82) is 0 Å². The van der Waals surface area contributed by atoms with E-state index in [1.807, 2.05) is 18.3 Å². The van der Waals surface area contributed by atoms with Crippen LogP contribution in [0.15, 0.2) is 60.8 Å². The first kappa shape index (κ1) is 18.6. The van der Waals surface area contributed by atoms with Crippen molar-refractivity contribution in [3.63, 3.8) is 0 Å². The number of para-hydroxylation sites is 2. The minimum Gasteiger partial charge on any atom is -0.361 e. The van der Waals surface area contributed by atoms with Crippen LogP contribution in [0.25, 0.3) is 16.5 Å². The summed E-state index contributed by atoms with van der Waals surface area (Å²) in [5, 5.41) is 1.19. The third-order valence-corrected chi connectivity index (χ3v) is 6.07. The zero-order chi connectivity index (χ0) is 20.7. The molecule has 6 heteroatoms. The summed E-state index contributed by atoms with van der Waals surface area (Å²) in [4.78, 5) is 32.0. The van der Waals surface area contributed by atoms with Crippen LogP contribution in [-0.2, 0) is 9.59 Å². The van der Waals surface area contributed by atoms with Crippen molar-refractivity contribution < 1.29 is 14.0 Å². The highest BCUT2D eigenvalue weighted by Gasteiger charge is 2.38. The maximum atomic E-state index is 14.1. The highest BCUT2D eigenvalue weighted by molar-refractivity contribution is 6.00. The minimum atomic E-state index is -0.441. The zero-order valence-electron chi connectivity index (χ0n) is 16.5. The lowest BCUT2D eigenvalue weighted by molar-refractivity contribution is -0.135. The number of nitrogens with zero attached hydrogens (tertiary/aromatic N) is 2. The van der Waals surface area contributed by atoms with Crippen molar-refractivity contribution in [2.45, 2.75) is 12.8 Å². The van der Waals surface area contributed by atoms with Gasteiger partial charge in [0.25, 0.3) is 0 Å². The number of halogens is 1. The molecule has 152 valence electrons. The van der Waals surface area contributed by atoms with E-state index in [-0.39, 0.29) is 30.5 Å². The van der Waals surface area contributed by atoms with E-state index >= 15 is 0 Å². The topological polar surface area (TPSA) is 56.4 Å². The first-order valence-corrected chi connectivity index (χ1v) is 10.2. The van der Waals surface area contributed by atoms with Gasteiger partial charge in [-0.3, -0.25) is 9.59 Å². The summed E-state index contributed by atoms with van der Waals surface area (Å²) in [7, 11) is 0. The van der Waals surface area contributed by atoms with Gasteiger partial charge in [0.05, 0.1) is 11.6 Å². The fourth-order valence-corrected chi connectivity index (χ4v) is 4.49. The lowest BCUT2D eigenvalue weighted by atomic mass is 9.98. The van der Waals surface area contributed by atoms with Gasteiger partial charge in [-0.2, -0.15) is 0 Å². The van der Waals surface area contributed by atoms with Crippen molar-refractivity contribution in [2.24, 2.45) is 5.92 Å². The molecule has 0 saturated carbocycles. The Morgan fingerprint density at radius 3 is 2.70 bits per heavy atom. The normalized spacial score (nSPS) is 19.4. The largest absolute Gasteiger partial charge is 0.361 e. The molecule has 1 N–H and O–H groups in total. The second kappa shape index (κ2) is 7.44. The molecule has 0 radical (unpaired) electrons. The molecule has 0 bridgehead atoms. The van der Waals surface area contributed by atoms with E-state index in [4.69, 9.17) is 0 Å². The van der Waals surface area contributed by atoms with Crippen molar-refractivity contribution >= 4 is 34.0 Å². The molecule has 3 aromatic rings. The average molecular weight is 403 g/mol. The number of nitrogens with one attached hydrogen (secondary N) is 1. The summed E-state index contributed by atoms with van der Waals surface area (Å²) in [6, 6.07) is 14.4. The van der Waals surface area contributed by atoms with Crippen LogP contribution in [-0.4, -0.2) is 41.3 Å². The Balaban J connectivity index is 1.29. The molecular formula is C24H22FN3O2. The lowest BCUT2D eigenvalue weighted by Crippen LogP contribution is -2.40. The van der Waals surface area contributed by atoms with Gasteiger partial charge in [-0.05, 0) is 30.2 Å². The first-order chi connectivity index (χ1) is 14.6. The molecule has 0 spiro atoms. The smallest absolute Gasteiger partial charge is 0.228 e. The number of benzene rings is 2. The molecule has 0 unspecified atom stereocenters. The van der Waals surface area contributed by atoms with E-state index in [2.05, 4.69) is 23.2 Å². The maximum Gasteiger partial charge on any atom is 0.228 e. The van der Waals surface area contributed by atoms with Gasteiger partial charge in [0.1, 0.15) is 5.82 Å². The Morgan fingerprint density at radius 1 is 1.10 bits per heavy atom. The molecule has 30 heavy (non-hydrogen) atoms. The van der Waals surface area contributed by atoms with E-state index in [1.54, 1.807) is 23.1 Å². The summed E-state index contributed by atoms with van der Waals surface area (Å²) in [5.74, 6) is -1.11. The van der Waals surface area contributed by atoms with E-state index in [0.29, 0.717) is 13.1 Å². The monoisotopic (exact) mass is 403 g/mol. The SMILES string of the molecule is O=C([C@@H]1CC(=O)N(c2ccccc2F)C1)N1CC=C(c2c[nH]c3ccccc23)CC1. The highest BCUT2D eigenvalue weighted by Crippen LogP contribution is 2.31. The van der Waals surface area contributed by atoms with Crippen molar-refractivity contribution in [3.05, 3.63) is 72.2 Å². The van der Waals surface area contributed by atoms with Crippen LogP contribution in [0.3, 0.4) is 0 Å². The number of aromatic nitrogens is 1. The van der Waals surface area contributed by atoms with Gasteiger partial charge < -0.3 is 14.8 Å². The molecule has 1 fully saturated rings. The summed E-state index contributed by atoms with van der Waals surface area (Å²) >= 11 is 0. The summed E-state index contributed by atoms with van der Waals surface area (Å²) in [6.07, 6.45) is 5.02. The number of anilines is 1. The Morgan fingerprint density at radius 2 is 1.90 bits per heavy atom. The second-order valence-electron chi connectivity index (χ2n) is 7.87. The number of H-pyrrole nitrogens is 1. The standard InChI is InChI=1S/C24H22FN3O2/c25-20-6-2-4-8-22(20)28-15-17(13-23(28)29)24(30)27-11-9-16(10-12-27)19-14-26-21-7-3-1-5-18(19)21/h1-9,14,17,26H,10-13,15H2/t17-/m1/s1. The third-order valence-electron chi connectivity index (χ3n) is 6.07. The third kappa shape index (κ3) is 3.18. The molecule has 5 rings (SSSR count). The van der Waals surface area contributed by atoms with Gasteiger partial charge in [-0.15, -0.1) is 0 Å². The predicted octanol–water partition coefficient (Wildman–Crippen LogP) is 3.98. The number of rotatable bonds is 3. The summed E-state index contributed by atoms with van der Waals surface area (Å²) in [5.41, 5.74) is 3.76. The van der Waals surface area contributed by atoms with Crippen LogP contribution in [0.1, 0.15) is 18.4 Å². The van der Waals surface area contributed by atoms with Gasteiger partial charge in [0.2, 0.25) is 11.8 Å². The molecule has 2 aliphatic rings. The first-order valence-electron chi connectivity index (χ1n) is 10.2. The van der Waals surface area contributed by atoms with Crippen LogP contribution < -0.4 is 4.90 Å². The lowest BCUT2D eigenvalue weighted by Gasteiger charge is -2.28. The fourth-order valence-electron chi connectivity index (χ4n) is 4.49. The molecule has 5 nitrogen and oxygen atoms in total. The maximum absolute atomic E-state index is 14.1. The van der Waals surface area contributed by atoms with Gasteiger partial charge in [0, 0.05) is 48.7 Å². The van der Waals surface area contributed by atoms with Crippen LogP contribution in [0, 0.1) is 11.7 Å². The molecule has 1 aromatic heterocycles. The summed E-state index contributed by atoms with van der Waals surface area (Å²) < 4.78 is 14.1. The van der Waals surface area contributed by atoms with Crippen LogP contribution >= 0.6 is 0 Å². The Kier molecular flexibility index (Phi) is 4.62. The molecule has 1 atom stereocenters. The van der Waals surface area contributed by atoms with Crippen LogP contribution in [0.4, 0.5) is 10.1 Å².